The molecular formula is C13H18N2O3. The number of nitro groups is 1. The second-order valence-electron chi connectivity index (χ2n) is 4.71. The summed E-state index contributed by atoms with van der Waals surface area (Å²) in [4.78, 5) is 23.1. The number of carbonyl (C=O) groups excluding carboxylic acids is 1. The number of anilines is 1. The van der Waals surface area contributed by atoms with E-state index in [0.717, 1.165) is 5.69 Å². The van der Waals surface area contributed by atoms with Crippen molar-refractivity contribution in [3.05, 3.63) is 33.9 Å². The molecule has 0 aliphatic carbocycles. The van der Waals surface area contributed by atoms with Crippen LogP contribution in [0.25, 0.3) is 0 Å². The van der Waals surface area contributed by atoms with E-state index < -0.39 is 4.92 Å². The third-order valence-corrected chi connectivity index (χ3v) is 3.32. The monoisotopic (exact) mass is 250 g/mol. The second kappa shape index (κ2) is 5.62. The summed E-state index contributed by atoms with van der Waals surface area (Å²) in [7, 11) is 1.92. The number of nitrogens with zero attached hydrogens (tertiary/aromatic N) is 2. The maximum atomic E-state index is 10.9. The van der Waals surface area contributed by atoms with Crippen molar-refractivity contribution in [3.63, 3.8) is 0 Å². The van der Waals surface area contributed by atoms with Crippen molar-refractivity contribution < 1.29 is 9.72 Å². The van der Waals surface area contributed by atoms with Gasteiger partial charge in [0, 0.05) is 24.8 Å². The third kappa shape index (κ3) is 2.85. The molecular weight excluding hydrogens is 232 g/mol. The van der Waals surface area contributed by atoms with Crippen LogP contribution in [0.1, 0.15) is 31.1 Å². The highest BCUT2D eigenvalue weighted by Gasteiger charge is 2.18. The number of hydrogen-bond donors (Lipinski definition) is 0. The molecule has 1 aromatic rings. The van der Waals surface area contributed by atoms with Gasteiger partial charge in [-0.3, -0.25) is 14.9 Å². The Morgan fingerprint density at radius 3 is 2.39 bits per heavy atom. The molecule has 98 valence electrons. The number of hydrogen-bond acceptors (Lipinski definition) is 4. The molecule has 0 amide bonds. The van der Waals surface area contributed by atoms with Crippen LogP contribution in [0.2, 0.25) is 0 Å². The summed E-state index contributed by atoms with van der Waals surface area (Å²) in [5.41, 5.74) is 0.767. The molecule has 0 N–H and O–H groups in total. The summed E-state index contributed by atoms with van der Waals surface area (Å²) < 4.78 is 0. The van der Waals surface area contributed by atoms with Gasteiger partial charge in [-0.25, -0.2) is 0 Å². The lowest BCUT2D eigenvalue weighted by molar-refractivity contribution is -0.385. The molecule has 0 aliphatic rings. The Morgan fingerprint density at radius 1 is 1.33 bits per heavy atom. The smallest absolute Gasteiger partial charge is 0.280 e. The lowest BCUT2D eigenvalue weighted by Crippen LogP contribution is -2.33. The summed E-state index contributed by atoms with van der Waals surface area (Å²) >= 11 is 0. The van der Waals surface area contributed by atoms with E-state index in [1.807, 2.05) is 11.9 Å². The van der Waals surface area contributed by atoms with E-state index in [2.05, 4.69) is 20.8 Å². The molecule has 1 unspecified atom stereocenters. The van der Waals surface area contributed by atoms with Gasteiger partial charge in [0.1, 0.15) is 0 Å². The highest BCUT2D eigenvalue weighted by Crippen LogP contribution is 2.25. The second-order valence-corrected chi connectivity index (χ2v) is 4.71. The number of benzene rings is 1. The van der Waals surface area contributed by atoms with Gasteiger partial charge in [-0.15, -0.1) is 0 Å². The molecule has 1 aromatic carbocycles. The fraction of sp³-hybridized carbons (Fsp3) is 0.462. The van der Waals surface area contributed by atoms with Gasteiger partial charge in [-0.2, -0.15) is 0 Å². The average molecular weight is 250 g/mol. The minimum absolute atomic E-state index is 0.111. The van der Waals surface area contributed by atoms with Gasteiger partial charge < -0.3 is 4.90 Å². The van der Waals surface area contributed by atoms with Crippen molar-refractivity contribution in [1.82, 2.24) is 0 Å². The van der Waals surface area contributed by atoms with Gasteiger partial charge in [0.05, 0.1) is 10.5 Å². The Labute approximate surface area is 107 Å². The Kier molecular flexibility index (Phi) is 4.42. The van der Waals surface area contributed by atoms with Crippen molar-refractivity contribution in [2.75, 3.05) is 11.9 Å². The summed E-state index contributed by atoms with van der Waals surface area (Å²) in [6.07, 6.45) is 0.523. The molecule has 0 saturated carbocycles. The molecule has 5 nitrogen and oxygen atoms in total. The van der Waals surface area contributed by atoms with Crippen LogP contribution in [0.5, 0.6) is 0 Å². The predicted molar refractivity (Wildman–Crippen MR) is 71.2 cm³/mol. The van der Waals surface area contributed by atoms with E-state index in [1.165, 1.54) is 6.07 Å². The van der Waals surface area contributed by atoms with E-state index in [9.17, 15) is 14.9 Å². The maximum absolute atomic E-state index is 10.9. The van der Waals surface area contributed by atoms with Crippen molar-refractivity contribution in [3.8, 4) is 0 Å². The quantitative estimate of drug-likeness (QED) is 0.458. The van der Waals surface area contributed by atoms with Crippen LogP contribution < -0.4 is 4.90 Å². The van der Waals surface area contributed by atoms with Crippen LogP contribution in [0.3, 0.4) is 0 Å². The number of carbonyl (C=O) groups is 1. The van der Waals surface area contributed by atoms with Crippen LogP contribution in [-0.2, 0) is 0 Å². The van der Waals surface area contributed by atoms with E-state index in [-0.39, 0.29) is 17.3 Å². The molecule has 1 rings (SSSR count). The molecule has 5 heteroatoms. The summed E-state index contributed by atoms with van der Waals surface area (Å²) in [5, 5.41) is 10.7. The lowest BCUT2D eigenvalue weighted by Gasteiger charge is -2.30. The average Bonchev–Trinajstić information content (AvgIpc) is 2.35. The zero-order valence-corrected chi connectivity index (χ0v) is 11.1. The van der Waals surface area contributed by atoms with E-state index in [0.29, 0.717) is 12.2 Å². The molecule has 0 radical (unpaired) electrons. The van der Waals surface area contributed by atoms with Gasteiger partial charge in [0.25, 0.3) is 5.69 Å². The molecule has 18 heavy (non-hydrogen) atoms. The van der Waals surface area contributed by atoms with Crippen molar-refractivity contribution in [2.45, 2.75) is 26.8 Å². The van der Waals surface area contributed by atoms with Crippen LogP contribution in [-0.4, -0.2) is 24.3 Å². The molecule has 1 atom stereocenters. The van der Waals surface area contributed by atoms with Gasteiger partial charge >= 0.3 is 0 Å². The topological polar surface area (TPSA) is 63.4 Å². The van der Waals surface area contributed by atoms with Gasteiger partial charge in [-0.05, 0) is 25.0 Å². The van der Waals surface area contributed by atoms with Crippen LogP contribution in [0.15, 0.2) is 18.2 Å². The first-order valence-electron chi connectivity index (χ1n) is 5.85. The minimum Gasteiger partial charge on any atom is -0.372 e. The van der Waals surface area contributed by atoms with Crippen LogP contribution in [0, 0.1) is 16.0 Å². The Bertz CT molecular complexity index is 458. The van der Waals surface area contributed by atoms with Gasteiger partial charge in [-0.1, -0.05) is 13.8 Å². The van der Waals surface area contributed by atoms with Crippen molar-refractivity contribution in [1.29, 1.82) is 0 Å². The molecule has 0 aliphatic heterocycles. The first-order chi connectivity index (χ1) is 8.38. The van der Waals surface area contributed by atoms with Crippen molar-refractivity contribution in [2.24, 2.45) is 5.92 Å². The summed E-state index contributed by atoms with van der Waals surface area (Å²) in [6, 6.07) is 4.89. The lowest BCUT2D eigenvalue weighted by atomic mass is 10.0. The van der Waals surface area contributed by atoms with Crippen molar-refractivity contribution >= 4 is 17.7 Å². The molecule has 0 aromatic heterocycles. The third-order valence-electron chi connectivity index (χ3n) is 3.32. The van der Waals surface area contributed by atoms with E-state index in [4.69, 9.17) is 0 Å². The van der Waals surface area contributed by atoms with E-state index in [1.54, 1.807) is 12.1 Å². The maximum Gasteiger partial charge on any atom is 0.280 e. The van der Waals surface area contributed by atoms with Gasteiger partial charge in [0.15, 0.2) is 6.29 Å². The van der Waals surface area contributed by atoms with E-state index >= 15 is 0 Å². The predicted octanol–water partition coefficient (Wildman–Crippen LogP) is 2.89. The summed E-state index contributed by atoms with van der Waals surface area (Å²) in [6.45, 7) is 6.28. The zero-order valence-electron chi connectivity index (χ0n) is 11.1. The molecule has 0 heterocycles. The fourth-order valence-corrected chi connectivity index (χ4v) is 1.70. The molecule has 0 fully saturated rings. The van der Waals surface area contributed by atoms with Crippen LogP contribution in [0.4, 0.5) is 11.4 Å². The number of nitro benzene ring substituents is 1. The number of aldehydes is 1. The first-order valence-corrected chi connectivity index (χ1v) is 5.85. The largest absolute Gasteiger partial charge is 0.372 e. The zero-order chi connectivity index (χ0) is 13.9. The summed E-state index contributed by atoms with van der Waals surface area (Å²) in [5.74, 6) is 0.449. The Morgan fingerprint density at radius 2 is 1.94 bits per heavy atom. The Hall–Kier alpha value is -1.91. The highest BCUT2D eigenvalue weighted by atomic mass is 16.6. The standard InChI is InChI=1S/C13H18N2O3/c1-9(2)10(3)14(4)12-5-6-13(15(17)18)11(7-12)8-16/h5-10H,1-4H3. The molecule has 0 saturated heterocycles. The fourth-order valence-electron chi connectivity index (χ4n) is 1.70. The Balaban J connectivity index is 3.13. The van der Waals surface area contributed by atoms with Gasteiger partial charge in [0.2, 0.25) is 0 Å². The minimum atomic E-state index is -0.542. The normalized spacial score (nSPS) is 12.3. The highest BCUT2D eigenvalue weighted by molar-refractivity contribution is 5.83. The SMILES string of the molecule is CC(C)C(C)N(C)c1ccc([N+](=O)[O-])c(C=O)c1. The molecule has 0 bridgehead atoms. The molecule has 0 spiro atoms. The van der Waals surface area contributed by atoms with Crippen LogP contribution >= 0.6 is 0 Å². The number of rotatable bonds is 5. The first kappa shape index (κ1) is 14.2.